The number of halogens is 1. The molecule has 18 heavy (non-hydrogen) atoms. The molecule has 0 aliphatic heterocycles. The molecule has 0 radical (unpaired) electrons. The molecule has 2 heterocycles. The molecule has 98 valence electrons. The highest BCUT2D eigenvalue weighted by Crippen LogP contribution is 2.24. The first-order valence-corrected chi connectivity index (χ1v) is 6.75. The van der Waals surface area contributed by atoms with E-state index < -0.39 is 0 Å². The Morgan fingerprint density at radius 2 is 2.28 bits per heavy atom. The van der Waals surface area contributed by atoms with Gasteiger partial charge in [0.1, 0.15) is 0 Å². The van der Waals surface area contributed by atoms with Crippen LogP contribution in [-0.2, 0) is 6.54 Å². The Morgan fingerprint density at radius 3 is 2.89 bits per heavy atom. The Morgan fingerprint density at radius 1 is 1.50 bits per heavy atom. The lowest BCUT2D eigenvalue weighted by atomic mass is 10.3. The molecular formula is C11H15ClN4OS. The van der Waals surface area contributed by atoms with E-state index in [4.69, 9.17) is 16.0 Å². The molecule has 0 saturated heterocycles. The summed E-state index contributed by atoms with van der Waals surface area (Å²) < 4.78 is 6.38. The number of hydrogen-bond acceptors (Lipinski definition) is 6. The van der Waals surface area contributed by atoms with Crippen LogP contribution in [0.3, 0.4) is 0 Å². The molecule has 0 aliphatic carbocycles. The lowest BCUT2D eigenvalue weighted by Crippen LogP contribution is -2.16. The summed E-state index contributed by atoms with van der Waals surface area (Å²) >= 11 is 7.44. The lowest BCUT2D eigenvalue weighted by molar-refractivity contribution is 0.432. The molecule has 0 aromatic carbocycles. The molecule has 2 aromatic rings. The molecular weight excluding hydrogens is 272 g/mol. The summed E-state index contributed by atoms with van der Waals surface area (Å²) in [7, 11) is 3.76. The van der Waals surface area contributed by atoms with Gasteiger partial charge in [-0.2, -0.15) is 0 Å². The van der Waals surface area contributed by atoms with Gasteiger partial charge >= 0.3 is 6.01 Å². The molecule has 1 unspecified atom stereocenters. The average Bonchev–Trinajstić information content (AvgIpc) is 2.97. The van der Waals surface area contributed by atoms with Crippen molar-refractivity contribution in [2.45, 2.75) is 19.5 Å². The van der Waals surface area contributed by atoms with Gasteiger partial charge in [-0.25, -0.2) is 0 Å². The number of rotatable bonds is 5. The zero-order chi connectivity index (χ0) is 13.1. The van der Waals surface area contributed by atoms with Gasteiger partial charge in [-0.3, -0.25) is 0 Å². The van der Waals surface area contributed by atoms with Gasteiger partial charge in [0, 0.05) is 11.9 Å². The third-order valence-electron chi connectivity index (χ3n) is 2.58. The maximum atomic E-state index is 5.89. The van der Waals surface area contributed by atoms with E-state index in [2.05, 4.69) is 15.5 Å². The number of anilines is 1. The zero-order valence-corrected chi connectivity index (χ0v) is 12.0. The molecule has 0 aliphatic rings. The van der Waals surface area contributed by atoms with Crippen LogP contribution in [0.2, 0.25) is 4.34 Å². The van der Waals surface area contributed by atoms with Crippen molar-refractivity contribution in [3.63, 3.8) is 0 Å². The quantitative estimate of drug-likeness (QED) is 0.916. The van der Waals surface area contributed by atoms with Gasteiger partial charge < -0.3 is 14.6 Å². The van der Waals surface area contributed by atoms with Crippen LogP contribution < -0.4 is 10.2 Å². The molecule has 0 fully saturated rings. The normalized spacial score (nSPS) is 12.7. The SMILES string of the molecule is CNC(C)c1nnc(N(C)Cc2ccc(Cl)s2)o1. The minimum atomic E-state index is 0.0517. The summed E-state index contributed by atoms with van der Waals surface area (Å²) in [5.74, 6) is 0.587. The van der Waals surface area contributed by atoms with Gasteiger partial charge in [0.2, 0.25) is 5.89 Å². The lowest BCUT2D eigenvalue weighted by Gasteiger charge is -2.12. The molecule has 7 heteroatoms. The molecule has 2 rings (SSSR count). The first-order chi connectivity index (χ1) is 8.60. The summed E-state index contributed by atoms with van der Waals surface area (Å²) in [6, 6.07) is 4.45. The van der Waals surface area contributed by atoms with Crippen LogP contribution in [0.4, 0.5) is 6.01 Å². The van der Waals surface area contributed by atoms with Gasteiger partial charge in [-0.15, -0.1) is 16.4 Å². The predicted molar refractivity (Wildman–Crippen MR) is 73.2 cm³/mol. The number of nitrogens with zero attached hydrogens (tertiary/aromatic N) is 3. The minimum absolute atomic E-state index is 0.0517. The summed E-state index contributed by atoms with van der Waals surface area (Å²) in [5, 5.41) is 11.1. The molecule has 2 aromatic heterocycles. The second kappa shape index (κ2) is 5.69. The maximum absolute atomic E-state index is 5.89. The van der Waals surface area contributed by atoms with Gasteiger partial charge in [0.25, 0.3) is 0 Å². The highest BCUT2D eigenvalue weighted by molar-refractivity contribution is 7.16. The molecule has 0 saturated carbocycles. The van der Waals surface area contributed by atoms with Crippen LogP contribution in [-0.4, -0.2) is 24.3 Å². The van der Waals surface area contributed by atoms with Crippen LogP contribution in [0.15, 0.2) is 16.5 Å². The van der Waals surface area contributed by atoms with Crippen LogP contribution in [0.25, 0.3) is 0 Å². The second-order valence-corrected chi connectivity index (χ2v) is 5.79. The Hall–Kier alpha value is -1.11. The number of thiophene rings is 1. The summed E-state index contributed by atoms with van der Waals surface area (Å²) in [6.45, 7) is 2.67. The van der Waals surface area contributed by atoms with Gasteiger partial charge in [0.15, 0.2) is 0 Å². The topological polar surface area (TPSA) is 54.2 Å². The third kappa shape index (κ3) is 3.01. The van der Waals surface area contributed by atoms with Crippen molar-refractivity contribution in [3.05, 3.63) is 27.2 Å². The number of nitrogens with one attached hydrogen (secondary N) is 1. The maximum Gasteiger partial charge on any atom is 0.318 e. The van der Waals surface area contributed by atoms with Gasteiger partial charge in [0.05, 0.1) is 16.9 Å². The van der Waals surface area contributed by atoms with E-state index in [0.717, 1.165) is 9.21 Å². The molecule has 0 spiro atoms. The van der Waals surface area contributed by atoms with Crippen molar-refractivity contribution in [1.82, 2.24) is 15.5 Å². The van der Waals surface area contributed by atoms with Crippen molar-refractivity contribution in [2.24, 2.45) is 0 Å². The Bertz CT molecular complexity index is 513. The highest BCUT2D eigenvalue weighted by atomic mass is 35.5. The van der Waals surface area contributed by atoms with Crippen molar-refractivity contribution in [3.8, 4) is 0 Å². The average molecular weight is 287 g/mol. The van der Waals surface area contributed by atoms with E-state index in [0.29, 0.717) is 18.5 Å². The molecule has 0 bridgehead atoms. The van der Waals surface area contributed by atoms with Crippen molar-refractivity contribution >= 4 is 29.0 Å². The fourth-order valence-corrected chi connectivity index (χ4v) is 2.56. The summed E-state index contributed by atoms with van der Waals surface area (Å²) in [5.41, 5.74) is 0. The smallest absolute Gasteiger partial charge is 0.318 e. The highest BCUT2D eigenvalue weighted by Gasteiger charge is 2.15. The monoisotopic (exact) mass is 286 g/mol. The van der Waals surface area contributed by atoms with Crippen LogP contribution >= 0.6 is 22.9 Å². The molecule has 1 N–H and O–H groups in total. The summed E-state index contributed by atoms with van der Waals surface area (Å²) in [6.07, 6.45) is 0. The van der Waals surface area contributed by atoms with Gasteiger partial charge in [-0.05, 0) is 26.1 Å². The van der Waals surface area contributed by atoms with E-state index in [1.165, 1.54) is 0 Å². The predicted octanol–water partition coefficient (Wildman–Crippen LogP) is 2.70. The fraction of sp³-hybridized carbons (Fsp3) is 0.455. The Balaban J connectivity index is 2.04. The third-order valence-corrected chi connectivity index (χ3v) is 3.80. The first kappa shape index (κ1) is 13.3. The largest absolute Gasteiger partial charge is 0.406 e. The van der Waals surface area contributed by atoms with Crippen molar-refractivity contribution in [2.75, 3.05) is 19.0 Å². The van der Waals surface area contributed by atoms with Crippen LogP contribution in [0.5, 0.6) is 0 Å². The molecule has 5 nitrogen and oxygen atoms in total. The van der Waals surface area contributed by atoms with Crippen molar-refractivity contribution in [1.29, 1.82) is 0 Å². The zero-order valence-electron chi connectivity index (χ0n) is 10.5. The number of hydrogen-bond donors (Lipinski definition) is 1. The van der Waals surface area contributed by atoms with E-state index in [9.17, 15) is 0 Å². The van der Waals surface area contributed by atoms with Crippen LogP contribution in [0, 0.1) is 0 Å². The van der Waals surface area contributed by atoms with E-state index in [-0.39, 0.29) is 6.04 Å². The standard InChI is InChI=1S/C11H15ClN4OS/c1-7(13-2)10-14-15-11(17-10)16(3)6-8-4-5-9(12)18-8/h4-5,7,13H,6H2,1-3H3. The first-order valence-electron chi connectivity index (χ1n) is 5.56. The second-order valence-electron chi connectivity index (χ2n) is 4.00. The molecule has 1 atom stereocenters. The van der Waals surface area contributed by atoms with E-state index in [1.807, 2.05) is 38.1 Å². The summed E-state index contributed by atoms with van der Waals surface area (Å²) in [4.78, 5) is 3.06. The van der Waals surface area contributed by atoms with Gasteiger partial charge in [-0.1, -0.05) is 16.7 Å². The Kier molecular flexibility index (Phi) is 4.21. The van der Waals surface area contributed by atoms with Crippen molar-refractivity contribution < 1.29 is 4.42 Å². The van der Waals surface area contributed by atoms with E-state index >= 15 is 0 Å². The minimum Gasteiger partial charge on any atom is -0.406 e. The fourth-order valence-electron chi connectivity index (χ4n) is 1.42. The molecule has 0 amide bonds. The van der Waals surface area contributed by atoms with Crippen LogP contribution in [0.1, 0.15) is 23.7 Å². The number of aromatic nitrogens is 2. The van der Waals surface area contributed by atoms with E-state index in [1.54, 1.807) is 11.3 Å². The Labute approximate surface area is 115 Å².